The highest BCUT2D eigenvalue weighted by Gasteiger charge is 2.13. The molecule has 0 radical (unpaired) electrons. The van der Waals surface area contributed by atoms with E-state index in [1.165, 1.54) is 12.1 Å². The standard InChI is InChI=1S/C8H5ClFN5O/c9-4-1-2-6(5(10)3-4)11-8(16)7-12-14-15-13-7/h1-3H,(H,11,16)(H,12,13,14,15). The maximum absolute atomic E-state index is 13.3. The molecule has 0 bridgehead atoms. The molecule has 6 nitrogen and oxygen atoms in total. The van der Waals surface area contributed by atoms with Crippen molar-refractivity contribution in [3.05, 3.63) is 34.9 Å². The number of nitrogens with one attached hydrogen (secondary N) is 2. The van der Waals surface area contributed by atoms with Gasteiger partial charge >= 0.3 is 0 Å². The number of halogens is 2. The van der Waals surface area contributed by atoms with E-state index in [2.05, 4.69) is 25.9 Å². The molecule has 0 aliphatic heterocycles. The van der Waals surface area contributed by atoms with Gasteiger partial charge in [-0.25, -0.2) is 4.39 Å². The average molecular weight is 242 g/mol. The third-order valence-corrected chi connectivity index (χ3v) is 1.96. The Balaban J connectivity index is 2.18. The van der Waals surface area contributed by atoms with Crippen LogP contribution in [0.2, 0.25) is 5.02 Å². The molecule has 16 heavy (non-hydrogen) atoms. The molecular weight excluding hydrogens is 237 g/mol. The molecule has 0 saturated heterocycles. The zero-order chi connectivity index (χ0) is 11.5. The minimum atomic E-state index is -0.657. The van der Waals surface area contributed by atoms with Crippen molar-refractivity contribution in [2.24, 2.45) is 0 Å². The van der Waals surface area contributed by atoms with Gasteiger partial charge in [-0.3, -0.25) is 4.79 Å². The summed E-state index contributed by atoms with van der Waals surface area (Å²) in [6.07, 6.45) is 0. The topological polar surface area (TPSA) is 83.6 Å². The van der Waals surface area contributed by atoms with Crippen LogP contribution in [0.15, 0.2) is 18.2 Å². The lowest BCUT2D eigenvalue weighted by atomic mass is 10.3. The summed E-state index contributed by atoms with van der Waals surface area (Å²) in [5.74, 6) is -1.46. The maximum Gasteiger partial charge on any atom is 0.297 e. The van der Waals surface area contributed by atoms with Gasteiger partial charge in [-0.15, -0.1) is 10.2 Å². The van der Waals surface area contributed by atoms with E-state index in [1.54, 1.807) is 0 Å². The molecule has 1 aromatic heterocycles. The summed E-state index contributed by atoms with van der Waals surface area (Å²) in [6.45, 7) is 0. The fourth-order valence-electron chi connectivity index (χ4n) is 1.03. The average Bonchev–Trinajstić information content (AvgIpc) is 2.75. The van der Waals surface area contributed by atoms with Gasteiger partial charge in [-0.1, -0.05) is 11.6 Å². The van der Waals surface area contributed by atoms with Crippen LogP contribution < -0.4 is 5.32 Å². The normalized spacial score (nSPS) is 10.1. The summed E-state index contributed by atoms with van der Waals surface area (Å²) in [5, 5.41) is 14.8. The Bertz CT molecular complexity index is 515. The molecule has 0 aliphatic carbocycles. The summed E-state index contributed by atoms with van der Waals surface area (Å²) >= 11 is 5.56. The molecule has 1 aromatic carbocycles. The molecule has 1 amide bonds. The first-order valence-electron chi connectivity index (χ1n) is 4.16. The maximum atomic E-state index is 13.3. The van der Waals surface area contributed by atoms with Crippen molar-refractivity contribution in [1.29, 1.82) is 0 Å². The summed E-state index contributed by atoms with van der Waals surface area (Å²) < 4.78 is 13.3. The predicted octanol–water partition coefficient (Wildman–Crippen LogP) is 1.24. The van der Waals surface area contributed by atoms with Crippen molar-refractivity contribution >= 4 is 23.2 Å². The second-order valence-electron chi connectivity index (χ2n) is 2.81. The summed E-state index contributed by atoms with van der Waals surface area (Å²) in [6, 6.07) is 3.89. The predicted molar refractivity (Wildman–Crippen MR) is 53.5 cm³/mol. The Morgan fingerprint density at radius 3 is 2.94 bits per heavy atom. The summed E-state index contributed by atoms with van der Waals surface area (Å²) in [5.41, 5.74) is -0.000741. The van der Waals surface area contributed by atoms with Gasteiger partial charge in [-0.2, -0.15) is 5.21 Å². The molecule has 0 unspecified atom stereocenters. The second kappa shape index (κ2) is 4.23. The highest BCUT2D eigenvalue weighted by Crippen LogP contribution is 2.18. The quantitative estimate of drug-likeness (QED) is 0.829. The lowest BCUT2D eigenvalue weighted by Gasteiger charge is -2.03. The fraction of sp³-hybridized carbons (Fsp3) is 0. The van der Waals surface area contributed by atoms with Crippen LogP contribution in [0, 0.1) is 5.82 Å². The molecule has 2 N–H and O–H groups in total. The number of carbonyl (C=O) groups excluding carboxylic acids is 1. The van der Waals surface area contributed by atoms with Crippen LogP contribution in [-0.4, -0.2) is 26.5 Å². The summed E-state index contributed by atoms with van der Waals surface area (Å²) in [7, 11) is 0. The molecule has 0 aliphatic rings. The van der Waals surface area contributed by atoms with Crippen LogP contribution in [0.4, 0.5) is 10.1 Å². The van der Waals surface area contributed by atoms with E-state index in [9.17, 15) is 9.18 Å². The number of aromatic amines is 1. The monoisotopic (exact) mass is 241 g/mol. The minimum Gasteiger partial charge on any atom is -0.317 e. The number of rotatable bonds is 2. The number of aromatic nitrogens is 4. The number of hydrogen-bond acceptors (Lipinski definition) is 4. The van der Waals surface area contributed by atoms with Crippen molar-refractivity contribution in [2.45, 2.75) is 0 Å². The van der Waals surface area contributed by atoms with Crippen molar-refractivity contribution in [3.63, 3.8) is 0 Å². The smallest absolute Gasteiger partial charge is 0.297 e. The Hall–Kier alpha value is -2.02. The van der Waals surface area contributed by atoms with Crippen molar-refractivity contribution in [3.8, 4) is 0 Å². The van der Waals surface area contributed by atoms with Crippen molar-refractivity contribution in [1.82, 2.24) is 20.6 Å². The molecule has 82 valence electrons. The second-order valence-corrected chi connectivity index (χ2v) is 3.25. The highest BCUT2D eigenvalue weighted by molar-refractivity contribution is 6.30. The van der Waals surface area contributed by atoms with Gasteiger partial charge < -0.3 is 5.32 Å². The number of nitrogens with zero attached hydrogens (tertiary/aromatic N) is 3. The van der Waals surface area contributed by atoms with Gasteiger partial charge in [0.2, 0.25) is 0 Å². The van der Waals surface area contributed by atoms with Gasteiger partial charge in [0.15, 0.2) is 0 Å². The molecule has 0 atom stereocenters. The molecule has 1 heterocycles. The molecule has 2 rings (SSSR count). The molecular formula is C8H5ClFN5O. The Morgan fingerprint density at radius 1 is 1.50 bits per heavy atom. The van der Waals surface area contributed by atoms with E-state index in [0.29, 0.717) is 0 Å². The van der Waals surface area contributed by atoms with Crippen molar-refractivity contribution in [2.75, 3.05) is 5.32 Å². The molecule has 0 spiro atoms. The summed E-state index contributed by atoms with van der Waals surface area (Å²) in [4.78, 5) is 11.4. The van der Waals surface area contributed by atoms with Gasteiger partial charge in [0.05, 0.1) is 5.69 Å². The van der Waals surface area contributed by atoms with Crippen LogP contribution in [0.3, 0.4) is 0 Å². The number of carbonyl (C=O) groups is 1. The number of amides is 1. The number of tetrazole rings is 1. The zero-order valence-electron chi connectivity index (χ0n) is 7.74. The van der Waals surface area contributed by atoms with E-state index in [0.717, 1.165) is 6.07 Å². The third-order valence-electron chi connectivity index (χ3n) is 1.73. The molecule has 0 saturated carbocycles. The van der Waals surface area contributed by atoms with Crippen LogP contribution in [0.5, 0.6) is 0 Å². The van der Waals surface area contributed by atoms with Crippen LogP contribution in [0.1, 0.15) is 10.6 Å². The van der Waals surface area contributed by atoms with Gasteiger partial charge in [-0.05, 0) is 23.4 Å². The van der Waals surface area contributed by atoms with Gasteiger partial charge in [0.25, 0.3) is 11.7 Å². The van der Waals surface area contributed by atoms with E-state index >= 15 is 0 Å². The number of H-pyrrole nitrogens is 1. The lowest BCUT2D eigenvalue weighted by molar-refractivity contribution is 0.101. The van der Waals surface area contributed by atoms with E-state index in [-0.39, 0.29) is 16.5 Å². The van der Waals surface area contributed by atoms with Crippen LogP contribution in [-0.2, 0) is 0 Å². The Labute approximate surface area is 93.8 Å². The van der Waals surface area contributed by atoms with Crippen LogP contribution in [0.25, 0.3) is 0 Å². The first kappa shape index (κ1) is 10.5. The SMILES string of the molecule is O=C(Nc1ccc(Cl)cc1F)c1nn[nH]n1. The Morgan fingerprint density at radius 2 is 2.31 bits per heavy atom. The van der Waals surface area contributed by atoms with Crippen LogP contribution >= 0.6 is 11.6 Å². The third kappa shape index (κ3) is 2.14. The first-order valence-corrected chi connectivity index (χ1v) is 4.54. The minimum absolute atomic E-state index is 0.000741. The van der Waals surface area contributed by atoms with E-state index in [1.807, 2.05) is 0 Å². The van der Waals surface area contributed by atoms with Gasteiger partial charge in [0, 0.05) is 5.02 Å². The largest absolute Gasteiger partial charge is 0.317 e. The molecule has 8 heteroatoms. The fourth-order valence-corrected chi connectivity index (χ4v) is 1.19. The first-order chi connectivity index (χ1) is 7.66. The number of anilines is 1. The Kier molecular flexibility index (Phi) is 2.78. The van der Waals surface area contributed by atoms with E-state index in [4.69, 9.17) is 11.6 Å². The lowest BCUT2D eigenvalue weighted by Crippen LogP contribution is -2.14. The van der Waals surface area contributed by atoms with Crippen molar-refractivity contribution < 1.29 is 9.18 Å². The number of benzene rings is 1. The highest BCUT2D eigenvalue weighted by atomic mass is 35.5. The molecule has 2 aromatic rings. The number of hydrogen-bond donors (Lipinski definition) is 2. The van der Waals surface area contributed by atoms with E-state index < -0.39 is 11.7 Å². The molecule has 0 fully saturated rings. The zero-order valence-corrected chi connectivity index (χ0v) is 8.49. The van der Waals surface area contributed by atoms with Gasteiger partial charge in [0.1, 0.15) is 5.82 Å².